The summed E-state index contributed by atoms with van der Waals surface area (Å²) in [5, 5.41) is 18.4. The minimum atomic E-state index is -3.02. The number of benzene rings is 3. The van der Waals surface area contributed by atoms with Crippen LogP contribution < -0.4 is 4.74 Å². The lowest BCUT2D eigenvalue weighted by molar-refractivity contribution is -0.0105. The Morgan fingerprint density at radius 1 is 1.02 bits per heavy atom. The number of aromatic nitrogens is 3. The van der Waals surface area contributed by atoms with Crippen LogP contribution in [0.25, 0.3) is 22.3 Å². The van der Waals surface area contributed by atoms with Crippen molar-refractivity contribution in [1.29, 1.82) is 5.26 Å². The summed E-state index contributed by atoms with van der Waals surface area (Å²) in [7, 11) is 0. The van der Waals surface area contributed by atoms with Crippen molar-refractivity contribution in [1.82, 2.24) is 14.5 Å². The molecule has 0 saturated carbocycles. The molecule has 3 aromatic carbocycles. The van der Waals surface area contributed by atoms with Gasteiger partial charge in [-0.3, -0.25) is 0 Å². The van der Waals surface area contributed by atoms with Gasteiger partial charge in [-0.25, -0.2) is 36.7 Å². The summed E-state index contributed by atoms with van der Waals surface area (Å²) in [6, 6.07) is 16.3. The summed E-state index contributed by atoms with van der Waals surface area (Å²) in [5.41, 5.74) is 0.742. The Hall–Kier alpha value is -5.35. The van der Waals surface area contributed by atoms with Gasteiger partial charge in [-0.05, 0) is 54.1 Å². The SMILES string of the molecule is N#Cc1ccc(COc2cccc(-c3cc(F)c(Cc4nc5ccc(C(=O)O)cc5n4C[C@H]4CC(F)(F)CO4)cc3F)n2)c(F)c1. The number of aromatic carboxylic acids is 1. The molecule has 46 heavy (non-hydrogen) atoms. The number of hydrogen-bond acceptors (Lipinski definition) is 6. The van der Waals surface area contributed by atoms with Crippen molar-refractivity contribution in [2.24, 2.45) is 0 Å². The molecule has 1 aliphatic rings. The van der Waals surface area contributed by atoms with Crippen LogP contribution in [-0.2, 0) is 24.3 Å². The second kappa shape index (κ2) is 12.2. The van der Waals surface area contributed by atoms with E-state index in [9.17, 15) is 23.1 Å². The largest absolute Gasteiger partial charge is 0.478 e. The number of nitrogens with zero attached hydrogens (tertiary/aromatic N) is 4. The molecule has 6 rings (SSSR count). The van der Waals surface area contributed by atoms with Gasteiger partial charge < -0.3 is 19.1 Å². The van der Waals surface area contributed by atoms with Crippen molar-refractivity contribution in [2.75, 3.05) is 6.61 Å². The minimum Gasteiger partial charge on any atom is -0.478 e. The Morgan fingerprint density at radius 2 is 1.83 bits per heavy atom. The van der Waals surface area contributed by atoms with Crippen molar-refractivity contribution in [3.05, 3.63) is 112 Å². The number of pyridine rings is 1. The van der Waals surface area contributed by atoms with Crippen LogP contribution in [0.1, 0.15) is 39.3 Å². The first-order valence-electron chi connectivity index (χ1n) is 14.0. The fraction of sp³-hybridized carbons (Fsp3) is 0.212. The number of carboxylic acid groups (broad SMARTS) is 1. The summed E-state index contributed by atoms with van der Waals surface area (Å²) < 4.78 is 85.2. The van der Waals surface area contributed by atoms with E-state index in [2.05, 4.69) is 9.97 Å². The van der Waals surface area contributed by atoms with Gasteiger partial charge in [-0.1, -0.05) is 12.1 Å². The van der Waals surface area contributed by atoms with E-state index in [-0.39, 0.29) is 64.8 Å². The zero-order chi connectivity index (χ0) is 32.6. The molecule has 3 heterocycles. The highest BCUT2D eigenvalue weighted by Gasteiger charge is 2.41. The van der Waals surface area contributed by atoms with Crippen LogP contribution in [-0.4, -0.2) is 44.2 Å². The van der Waals surface area contributed by atoms with Crippen LogP contribution in [0.3, 0.4) is 0 Å². The van der Waals surface area contributed by atoms with E-state index in [1.165, 1.54) is 53.1 Å². The van der Waals surface area contributed by atoms with Gasteiger partial charge in [0, 0.05) is 30.0 Å². The summed E-state index contributed by atoms with van der Waals surface area (Å²) in [4.78, 5) is 20.3. The Kier molecular flexibility index (Phi) is 8.14. The average molecular weight is 635 g/mol. The molecule has 0 aliphatic carbocycles. The lowest BCUT2D eigenvalue weighted by atomic mass is 10.0. The zero-order valence-electron chi connectivity index (χ0n) is 23.8. The number of fused-ring (bicyclic) bond motifs is 1. The van der Waals surface area contributed by atoms with Crippen molar-refractivity contribution >= 4 is 17.0 Å². The highest BCUT2D eigenvalue weighted by atomic mass is 19.3. The van der Waals surface area contributed by atoms with Crippen LogP contribution in [0, 0.1) is 28.8 Å². The first-order chi connectivity index (χ1) is 22.0. The lowest BCUT2D eigenvalue weighted by Gasteiger charge is -2.15. The molecule has 2 aromatic heterocycles. The van der Waals surface area contributed by atoms with Crippen molar-refractivity contribution in [2.45, 2.75) is 38.0 Å². The number of hydrogen-bond donors (Lipinski definition) is 1. The normalized spacial score (nSPS) is 15.6. The molecule has 5 aromatic rings. The highest BCUT2D eigenvalue weighted by Crippen LogP contribution is 2.32. The van der Waals surface area contributed by atoms with Gasteiger partial charge in [0.15, 0.2) is 0 Å². The molecule has 234 valence electrons. The molecule has 1 aliphatic heterocycles. The second-order valence-corrected chi connectivity index (χ2v) is 10.8. The van der Waals surface area contributed by atoms with Gasteiger partial charge in [-0.15, -0.1) is 0 Å². The molecular formula is C33H23F5N4O4. The molecule has 1 fully saturated rings. The van der Waals surface area contributed by atoms with Crippen molar-refractivity contribution in [3.8, 4) is 23.2 Å². The molecule has 8 nitrogen and oxygen atoms in total. The highest BCUT2D eigenvalue weighted by molar-refractivity contribution is 5.92. The number of halogens is 5. The number of carbonyl (C=O) groups is 1. The predicted molar refractivity (Wildman–Crippen MR) is 154 cm³/mol. The fourth-order valence-corrected chi connectivity index (χ4v) is 5.28. The molecule has 0 radical (unpaired) electrons. The Labute approximate surface area is 258 Å². The molecule has 1 atom stereocenters. The quantitative estimate of drug-likeness (QED) is 0.180. The van der Waals surface area contributed by atoms with Gasteiger partial charge in [0.1, 0.15) is 36.5 Å². The molecule has 13 heteroatoms. The number of rotatable bonds is 9. The molecule has 1 N–H and O–H groups in total. The molecule has 0 amide bonds. The maximum Gasteiger partial charge on any atom is 0.335 e. The maximum atomic E-state index is 15.5. The van der Waals surface area contributed by atoms with E-state index >= 15 is 8.78 Å². The number of nitriles is 1. The van der Waals surface area contributed by atoms with E-state index in [0.717, 1.165) is 18.2 Å². The van der Waals surface area contributed by atoms with E-state index < -0.39 is 48.5 Å². The van der Waals surface area contributed by atoms with Crippen molar-refractivity contribution < 1.29 is 41.3 Å². The summed E-state index contributed by atoms with van der Waals surface area (Å²) in [6.45, 7) is -1.08. The maximum absolute atomic E-state index is 15.5. The van der Waals surface area contributed by atoms with Crippen LogP contribution >= 0.6 is 0 Å². The average Bonchev–Trinajstić information content (AvgIpc) is 3.55. The van der Waals surface area contributed by atoms with Gasteiger partial charge in [0.2, 0.25) is 5.88 Å². The van der Waals surface area contributed by atoms with Crippen LogP contribution in [0.2, 0.25) is 0 Å². The smallest absolute Gasteiger partial charge is 0.335 e. The Balaban J connectivity index is 1.27. The Morgan fingerprint density at radius 3 is 2.54 bits per heavy atom. The monoisotopic (exact) mass is 634 g/mol. The zero-order valence-corrected chi connectivity index (χ0v) is 23.8. The fourth-order valence-electron chi connectivity index (χ4n) is 5.28. The summed E-state index contributed by atoms with van der Waals surface area (Å²) >= 11 is 0. The summed E-state index contributed by atoms with van der Waals surface area (Å²) in [5.74, 6) is -6.23. The molecule has 1 saturated heterocycles. The third-order valence-electron chi connectivity index (χ3n) is 7.56. The molecule has 0 bridgehead atoms. The number of ether oxygens (including phenoxy) is 2. The molecule has 0 spiro atoms. The van der Waals surface area contributed by atoms with Crippen LogP contribution in [0.4, 0.5) is 22.0 Å². The third-order valence-corrected chi connectivity index (χ3v) is 7.56. The van der Waals surface area contributed by atoms with E-state index in [4.69, 9.17) is 14.7 Å². The first kappa shape index (κ1) is 30.7. The van der Waals surface area contributed by atoms with E-state index in [0.29, 0.717) is 11.0 Å². The molecular weight excluding hydrogens is 611 g/mol. The number of carboxylic acids is 1. The minimum absolute atomic E-state index is 0.0271. The van der Waals surface area contributed by atoms with Gasteiger partial charge in [-0.2, -0.15) is 5.26 Å². The number of imidazole rings is 1. The third kappa shape index (κ3) is 6.38. The second-order valence-electron chi connectivity index (χ2n) is 10.8. The van der Waals surface area contributed by atoms with Crippen LogP contribution in [0.5, 0.6) is 5.88 Å². The summed E-state index contributed by atoms with van der Waals surface area (Å²) in [6.07, 6.45) is -1.70. The van der Waals surface area contributed by atoms with Gasteiger partial charge >= 0.3 is 5.97 Å². The topological polar surface area (TPSA) is 110 Å². The van der Waals surface area contributed by atoms with Gasteiger partial charge in [0.05, 0.1) is 46.6 Å². The number of alkyl halides is 2. The van der Waals surface area contributed by atoms with Crippen LogP contribution in [0.15, 0.2) is 66.7 Å². The van der Waals surface area contributed by atoms with Gasteiger partial charge in [0.25, 0.3) is 5.92 Å². The van der Waals surface area contributed by atoms with Crippen molar-refractivity contribution in [3.63, 3.8) is 0 Å². The predicted octanol–water partition coefficient (Wildman–Crippen LogP) is 6.68. The standard InChI is InChI=1S/C33H23F5N4O4/c34-24-8-18(14-39)4-5-20(24)16-45-31-3-1-2-27(41-31)23-12-25(35)21(9-26(23)36)11-30-40-28-7-6-19(32(43)44)10-29(28)42(30)15-22-13-33(37,38)17-46-22/h1-10,12,22H,11,13,15-17H2,(H,43,44)/t22-/m1/s1. The van der Waals surface area contributed by atoms with E-state index in [1.807, 2.05) is 6.07 Å². The molecule has 0 unspecified atom stereocenters. The Bertz CT molecular complexity index is 2020. The lowest BCUT2D eigenvalue weighted by Crippen LogP contribution is -2.19. The van der Waals surface area contributed by atoms with E-state index in [1.54, 1.807) is 0 Å². The first-order valence-corrected chi connectivity index (χ1v) is 14.0.